The van der Waals surface area contributed by atoms with Crippen LogP contribution in [0.1, 0.15) is 90.9 Å². The first kappa shape index (κ1) is 31.5. The largest absolute Gasteiger partial charge is 0.506 e. The number of aliphatic hydroxyl groups excluding tert-OH is 2. The van der Waals surface area contributed by atoms with Gasteiger partial charge < -0.3 is 35.4 Å². The predicted molar refractivity (Wildman–Crippen MR) is 145 cm³/mol. The molecule has 1 aromatic rings. The summed E-state index contributed by atoms with van der Waals surface area (Å²) in [5, 5.41) is 37.0. The molecule has 7 nitrogen and oxygen atoms in total. The molecule has 7 heteroatoms. The molecule has 0 radical (unpaired) electrons. The first-order valence-corrected chi connectivity index (χ1v) is 13.9. The van der Waals surface area contributed by atoms with E-state index >= 15 is 0 Å². The Kier molecular flexibility index (Phi) is 19.5. The van der Waals surface area contributed by atoms with Gasteiger partial charge in [-0.1, -0.05) is 84.1 Å². The third-order valence-electron chi connectivity index (χ3n) is 5.99. The van der Waals surface area contributed by atoms with E-state index in [9.17, 15) is 15.3 Å². The normalized spacial score (nSPS) is 13.0. The summed E-state index contributed by atoms with van der Waals surface area (Å²) in [5.74, 6) is 0.0870. The Morgan fingerprint density at radius 1 is 0.686 bits per heavy atom. The van der Waals surface area contributed by atoms with E-state index in [0.717, 1.165) is 19.3 Å². The number of rotatable bonds is 24. The van der Waals surface area contributed by atoms with Crippen molar-refractivity contribution < 1.29 is 24.8 Å². The molecule has 0 heterocycles. The van der Waals surface area contributed by atoms with Crippen LogP contribution in [0.15, 0.2) is 18.2 Å². The molecule has 0 bridgehead atoms. The zero-order chi connectivity index (χ0) is 25.6. The monoisotopic (exact) mass is 496 g/mol. The molecule has 0 aromatic heterocycles. The number of aromatic hydroxyl groups is 1. The summed E-state index contributed by atoms with van der Waals surface area (Å²) >= 11 is 0. The minimum absolute atomic E-state index is 0.0870. The van der Waals surface area contributed by atoms with Crippen LogP contribution in [0, 0.1) is 0 Å². The van der Waals surface area contributed by atoms with Gasteiger partial charge in [-0.3, -0.25) is 0 Å². The average molecular weight is 497 g/mol. The molecule has 0 aliphatic heterocycles. The fraction of sp³-hybridized carbons (Fsp3) is 0.786. The van der Waals surface area contributed by atoms with Gasteiger partial charge >= 0.3 is 0 Å². The van der Waals surface area contributed by atoms with E-state index in [-0.39, 0.29) is 25.5 Å². The molecule has 35 heavy (non-hydrogen) atoms. The maximum Gasteiger partial charge on any atom is 0.140 e. The highest BCUT2D eigenvalue weighted by molar-refractivity contribution is 5.75. The fourth-order valence-electron chi connectivity index (χ4n) is 3.85. The summed E-state index contributed by atoms with van der Waals surface area (Å²) in [6.45, 7) is 6.85. The van der Waals surface area contributed by atoms with Crippen molar-refractivity contribution in [3.63, 3.8) is 0 Å². The Morgan fingerprint density at radius 2 is 1.17 bits per heavy atom. The number of aliphatic hydroxyl groups is 2. The molecule has 0 aliphatic rings. The van der Waals surface area contributed by atoms with Gasteiger partial charge in [-0.2, -0.15) is 0 Å². The van der Waals surface area contributed by atoms with E-state index in [0.29, 0.717) is 31.1 Å². The van der Waals surface area contributed by atoms with E-state index in [1.807, 2.05) is 6.07 Å². The molecule has 0 saturated carbocycles. The van der Waals surface area contributed by atoms with Crippen molar-refractivity contribution in [2.75, 3.05) is 50.2 Å². The fourth-order valence-corrected chi connectivity index (χ4v) is 3.85. The lowest BCUT2D eigenvalue weighted by Gasteiger charge is -2.19. The number of ether oxygens (including phenoxy) is 2. The van der Waals surface area contributed by atoms with Gasteiger partial charge in [0.2, 0.25) is 0 Å². The summed E-state index contributed by atoms with van der Waals surface area (Å²) in [6.07, 6.45) is 13.2. The zero-order valence-corrected chi connectivity index (χ0v) is 22.3. The Labute approximate surface area is 213 Å². The van der Waals surface area contributed by atoms with Crippen molar-refractivity contribution in [1.29, 1.82) is 0 Å². The van der Waals surface area contributed by atoms with Crippen molar-refractivity contribution in [2.45, 2.75) is 103 Å². The zero-order valence-electron chi connectivity index (χ0n) is 22.3. The molecule has 0 amide bonds. The van der Waals surface area contributed by atoms with Crippen LogP contribution < -0.4 is 10.6 Å². The number of phenols is 1. The number of benzene rings is 1. The minimum Gasteiger partial charge on any atom is -0.506 e. The van der Waals surface area contributed by atoms with Crippen LogP contribution in [0.5, 0.6) is 5.75 Å². The van der Waals surface area contributed by atoms with Crippen LogP contribution in [-0.4, -0.2) is 67.0 Å². The standard InChI is InChI=1S/C28H52N2O5/c1-3-5-7-9-11-13-18-34-22-24(31)20-29-26-16-15-17-27(33)28(26)30-21-25(32)23-35-19-14-12-10-8-6-4-2/h15-17,24-25,29-33H,3-14,18-23H2,1-2H3. The molecule has 5 N–H and O–H groups in total. The SMILES string of the molecule is CCCCCCCCOCC(O)CNc1cccc(O)c1NCC(O)COCCCCCCCC. The Bertz CT molecular complexity index is 617. The molecule has 1 rings (SSSR count). The molecule has 1 aromatic carbocycles. The van der Waals surface area contributed by atoms with Gasteiger partial charge in [-0.15, -0.1) is 0 Å². The third kappa shape index (κ3) is 16.7. The van der Waals surface area contributed by atoms with E-state index in [2.05, 4.69) is 24.5 Å². The number of para-hydroxylation sites is 1. The Balaban J connectivity index is 2.24. The second kappa shape index (κ2) is 21.7. The van der Waals surface area contributed by atoms with Crippen molar-refractivity contribution >= 4 is 11.4 Å². The molecule has 0 fully saturated rings. The highest BCUT2D eigenvalue weighted by Gasteiger charge is 2.12. The Hall–Kier alpha value is -1.54. The van der Waals surface area contributed by atoms with Crippen molar-refractivity contribution in [3.8, 4) is 5.75 Å². The van der Waals surface area contributed by atoms with E-state index < -0.39 is 12.2 Å². The maximum atomic E-state index is 10.3. The highest BCUT2D eigenvalue weighted by Crippen LogP contribution is 2.31. The van der Waals surface area contributed by atoms with Crippen molar-refractivity contribution in [3.05, 3.63) is 18.2 Å². The molecular formula is C28H52N2O5. The lowest BCUT2D eigenvalue weighted by atomic mass is 10.1. The van der Waals surface area contributed by atoms with Crippen molar-refractivity contribution in [1.82, 2.24) is 0 Å². The first-order chi connectivity index (χ1) is 17.1. The smallest absolute Gasteiger partial charge is 0.140 e. The van der Waals surface area contributed by atoms with Crippen LogP contribution in [0.2, 0.25) is 0 Å². The molecular weight excluding hydrogens is 444 g/mol. The number of unbranched alkanes of at least 4 members (excludes halogenated alkanes) is 10. The second-order valence-electron chi connectivity index (χ2n) is 9.45. The predicted octanol–water partition coefficient (Wildman–Crippen LogP) is 5.69. The van der Waals surface area contributed by atoms with Crippen molar-refractivity contribution in [2.24, 2.45) is 0 Å². The average Bonchev–Trinajstić information content (AvgIpc) is 2.85. The summed E-state index contributed by atoms with van der Waals surface area (Å²) in [6, 6.07) is 5.16. The summed E-state index contributed by atoms with van der Waals surface area (Å²) < 4.78 is 11.2. The Morgan fingerprint density at radius 3 is 1.71 bits per heavy atom. The number of hydrogen-bond acceptors (Lipinski definition) is 7. The molecule has 0 spiro atoms. The van der Waals surface area contributed by atoms with Crippen LogP contribution in [0.3, 0.4) is 0 Å². The van der Waals surface area contributed by atoms with E-state index in [4.69, 9.17) is 9.47 Å². The highest BCUT2D eigenvalue weighted by atomic mass is 16.5. The number of hydrogen-bond donors (Lipinski definition) is 5. The van der Waals surface area contributed by atoms with Gasteiger partial charge in [0, 0.05) is 26.3 Å². The number of anilines is 2. The number of phenolic OH excluding ortho intramolecular Hbond substituents is 1. The molecule has 2 unspecified atom stereocenters. The molecule has 204 valence electrons. The topological polar surface area (TPSA) is 103 Å². The quantitative estimate of drug-likeness (QED) is 0.0925. The number of nitrogens with one attached hydrogen (secondary N) is 2. The second-order valence-corrected chi connectivity index (χ2v) is 9.45. The van der Waals surface area contributed by atoms with Gasteiger partial charge in [-0.25, -0.2) is 0 Å². The maximum absolute atomic E-state index is 10.3. The molecule has 0 saturated heterocycles. The van der Waals surface area contributed by atoms with Gasteiger partial charge in [0.05, 0.1) is 31.1 Å². The first-order valence-electron chi connectivity index (χ1n) is 13.9. The van der Waals surface area contributed by atoms with Gasteiger partial charge in [0.15, 0.2) is 0 Å². The van der Waals surface area contributed by atoms with E-state index in [1.54, 1.807) is 12.1 Å². The summed E-state index contributed by atoms with van der Waals surface area (Å²) in [5.41, 5.74) is 1.17. The van der Waals surface area contributed by atoms with Gasteiger partial charge in [0.1, 0.15) is 11.4 Å². The van der Waals surface area contributed by atoms with Gasteiger partial charge in [-0.05, 0) is 25.0 Å². The van der Waals surface area contributed by atoms with Crippen LogP contribution >= 0.6 is 0 Å². The van der Waals surface area contributed by atoms with Gasteiger partial charge in [0.25, 0.3) is 0 Å². The lowest BCUT2D eigenvalue weighted by molar-refractivity contribution is 0.0414. The van der Waals surface area contributed by atoms with Crippen LogP contribution in [0.4, 0.5) is 11.4 Å². The summed E-state index contributed by atoms with van der Waals surface area (Å²) in [4.78, 5) is 0. The minimum atomic E-state index is -0.677. The third-order valence-corrected chi connectivity index (χ3v) is 5.99. The van der Waals surface area contributed by atoms with Crippen LogP contribution in [-0.2, 0) is 9.47 Å². The van der Waals surface area contributed by atoms with E-state index in [1.165, 1.54) is 57.8 Å². The van der Waals surface area contributed by atoms with Crippen LogP contribution in [0.25, 0.3) is 0 Å². The molecule has 0 aliphatic carbocycles. The lowest BCUT2D eigenvalue weighted by Crippen LogP contribution is -2.27. The summed E-state index contributed by atoms with van der Waals surface area (Å²) in [7, 11) is 0. The molecule has 2 atom stereocenters.